The third kappa shape index (κ3) is 2.71. The molecule has 3 N–H and O–H groups in total. The van der Waals surface area contributed by atoms with E-state index in [1.807, 2.05) is 11.6 Å². The molecule has 0 bridgehead atoms. The number of aryl methyl sites for hydroxylation is 1. The van der Waals surface area contributed by atoms with Gasteiger partial charge in [0.1, 0.15) is 5.69 Å². The predicted octanol–water partition coefficient (Wildman–Crippen LogP) is 2.30. The topological polar surface area (TPSA) is 85.8 Å². The second-order valence-electron chi connectivity index (χ2n) is 7.20. The zero-order valence-electron chi connectivity index (χ0n) is 13.9. The minimum atomic E-state index is -0.107. The summed E-state index contributed by atoms with van der Waals surface area (Å²) in [6.07, 6.45) is 9.52. The summed E-state index contributed by atoms with van der Waals surface area (Å²) in [5, 5.41) is 2.95. The van der Waals surface area contributed by atoms with Crippen LogP contribution in [0.3, 0.4) is 0 Å². The lowest BCUT2D eigenvalue weighted by Gasteiger charge is -2.13. The van der Waals surface area contributed by atoms with Gasteiger partial charge in [-0.25, -0.2) is 4.98 Å². The summed E-state index contributed by atoms with van der Waals surface area (Å²) in [6.45, 7) is 0. The Kier molecular flexibility index (Phi) is 3.84. The summed E-state index contributed by atoms with van der Waals surface area (Å²) >= 11 is 0. The van der Waals surface area contributed by atoms with Crippen LogP contribution in [0.2, 0.25) is 0 Å². The molecule has 1 amide bonds. The minimum absolute atomic E-state index is 0.107. The quantitative estimate of drug-likeness (QED) is 0.906. The molecule has 2 fully saturated rings. The van der Waals surface area contributed by atoms with Crippen molar-refractivity contribution in [1.82, 2.24) is 14.5 Å². The largest absolute Gasteiger partial charge is 0.329 e. The maximum Gasteiger partial charge on any atom is 0.274 e. The number of fused-ring (bicyclic) bond motifs is 1. The third-order valence-electron chi connectivity index (χ3n) is 5.56. The lowest BCUT2D eigenvalue weighted by Crippen LogP contribution is -2.19. The number of carbonyl (C=O) groups is 1. The molecule has 0 aliphatic heterocycles. The van der Waals surface area contributed by atoms with E-state index in [1.54, 1.807) is 30.9 Å². The zero-order chi connectivity index (χ0) is 16.7. The number of aromatic nitrogens is 3. The summed E-state index contributed by atoms with van der Waals surface area (Å²) in [4.78, 5) is 21.3. The smallest absolute Gasteiger partial charge is 0.274 e. The molecule has 0 spiro atoms. The standard InChI is InChI=1S/C18H23N5O/c1-23-10-21-16(13-6-11-8-14(19)9-12(11)7-13)17(23)18(24)22-15-2-4-20-5-3-15/h2-5,10-14H,6-9,19H2,1H3,(H,20,22,24). The Morgan fingerprint density at radius 3 is 2.54 bits per heavy atom. The van der Waals surface area contributed by atoms with Crippen molar-refractivity contribution in [2.45, 2.75) is 37.6 Å². The lowest BCUT2D eigenvalue weighted by atomic mass is 9.97. The van der Waals surface area contributed by atoms with Gasteiger partial charge < -0.3 is 15.6 Å². The Morgan fingerprint density at radius 1 is 1.21 bits per heavy atom. The average molecular weight is 325 g/mol. The fraction of sp³-hybridized carbons (Fsp3) is 0.500. The first-order valence-corrected chi connectivity index (χ1v) is 8.60. The maximum absolute atomic E-state index is 12.8. The van der Waals surface area contributed by atoms with Crippen molar-refractivity contribution in [3.63, 3.8) is 0 Å². The van der Waals surface area contributed by atoms with Gasteiger partial charge in [-0.2, -0.15) is 0 Å². The van der Waals surface area contributed by atoms with E-state index in [4.69, 9.17) is 5.73 Å². The number of anilines is 1. The number of hydrogen-bond donors (Lipinski definition) is 2. The summed E-state index contributed by atoms with van der Waals surface area (Å²) in [5.74, 6) is 1.66. The van der Waals surface area contributed by atoms with Gasteiger partial charge in [0, 0.05) is 37.1 Å². The number of amides is 1. The number of nitrogens with zero attached hydrogens (tertiary/aromatic N) is 3. The molecule has 2 aromatic heterocycles. The molecule has 2 saturated carbocycles. The molecular weight excluding hydrogens is 302 g/mol. The first kappa shape index (κ1) is 15.3. The van der Waals surface area contributed by atoms with E-state index >= 15 is 0 Å². The number of nitrogens with two attached hydrogens (primary N) is 1. The molecular formula is C18H23N5O. The van der Waals surface area contributed by atoms with Crippen LogP contribution in [0.1, 0.15) is 47.8 Å². The molecule has 6 nitrogen and oxygen atoms in total. The highest BCUT2D eigenvalue weighted by Crippen LogP contribution is 2.50. The molecule has 0 aromatic carbocycles. The highest BCUT2D eigenvalue weighted by molar-refractivity contribution is 6.04. The average Bonchev–Trinajstić information content (AvgIpc) is 3.20. The van der Waals surface area contributed by atoms with Crippen LogP contribution >= 0.6 is 0 Å². The molecule has 2 aromatic rings. The monoisotopic (exact) mass is 325 g/mol. The van der Waals surface area contributed by atoms with Crippen molar-refractivity contribution in [1.29, 1.82) is 0 Å². The van der Waals surface area contributed by atoms with Gasteiger partial charge >= 0.3 is 0 Å². The van der Waals surface area contributed by atoms with E-state index in [9.17, 15) is 4.79 Å². The highest BCUT2D eigenvalue weighted by atomic mass is 16.2. The van der Waals surface area contributed by atoms with Gasteiger partial charge in [-0.15, -0.1) is 0 Å². The molecule has 2 atom stereocenters. The Labute approximate surface area is 141 Å². The zero-order valence-corrected chi connectivity index (χ0v) is 13.9. The molecule has 2 heterocycles. The van der Waals surface area contributed by atoms with E-state index in [1.165, 1.54) is 0 Å². The van der Waals surface area contributed by atoms with E-state index < -0.39 is 0 Å². The summed E-state index contributed by atoms with van der Waals surface area (Å²) in [6, 6.07) is 3.93. The van der Waals surface area contributed by atoms with Crippen LogP contribution < -0.4 is 11.1 Å². The molecule has 2 unspecified atom stereocenters. The molecule has 4 rings (SSSR count). The second-order valence-corrected chi connectivity index (χ2v) is 7.20. The van der Waals surface area contributed by atoms with Crippen LogP contribution in [0.4, 0.5) is 5.69 Å². The number of nitrogens with one attached hydrogen (secondary N) is 1. The van der Waals surface area contributed by atoms with E-state index in [0.717, 1.165) is 37.1 Å². The molecule has 0 saturated heterocycles. The normalized spacial score (nSPS) is 28.8. The molecule has 24 heavy (non-hydrogen) atoms. The van der Waals surface area contributed by atoms with Gasteiger partial charge in [0.2, 0.25) is 0 Å². The molecule has 126 valence electrons. The fourth-order valence-electron chi connectivity index (χ4n) is 4.54. The van der Waals surface area contributed by atoms with Gasteiger partial charge in [0.05, 0.1) is 12.0 Å². The van der Waals surface area contributed by atoms with Gasteiger partial charge in [0.25, 0.3) is 5.91 Å². The summed E-state index contributed by atoms with van der Waals surface area (Å²) in [5.41, 5.74) is 8.44. The van der Waals surface area contributed by atoms with E-state index in [-0.39, 0.29) is 5.91 Å². The van der Waals surface area contributed by atoms with E-state index in [2.05, 4.69) is 15.3 Å². The first-order chi connectivity index (χ1) is 11.6. The second kappa shape index (κ2) is 6.02. The van der Waals surface area contributed by atoms with Gasteiger partial charge in [-0.1, -0.05) is 0 Å². The Bertz CT molecular complexity index is 727. The van der Waals surface area contributed by atoms with Crippen LogP contribution in [0, 0.1) is 11.8 Å². The first-order valence-electron chi connectivity index (χ1n) is 8.60. The van der Waals surface area contributed by atoms with Crippen molar-refractivity contribution in [3.05, 3.63) is 42.2 Å². The Hall–Kier alpha value is -2.21. The number of rotatable bonds is 3. The Balaban J connectivity index is 1.55. The van der Waals surface area contributed by atoms with Gasteiger partial charge in [-0.3, -0.25) is 9.78 Å². The van der Waals surface area contributed by atoms with Crippen LogP contribution in [-0.4, -0.2) is 26.5 Å². The van der Waals surface area contributed by atoms with Crippen LogP contribution in [0.5, 0.6) is 0 Å². The number of hydrogen-bond acceptors (Lipinski definition) is 4. The fourth-order valence-corrected chi connectivity index (χ4v) is 4.54. The van der Waals surface area contributed by atoms with Crippen molar-refractivity contribution in [2.75, 3.05) is 5.32 Å². The summed E-state index contributed by atoms with van der Waals surface area (Å²) in [7, 11) is 1.88. The maximum atomic E-state index is 12.8. The van der Waals surface area contributed by atoms with Crippen LogP contribution in [-0.2, 0) is 7.05 Å². The van der Waals surface area contributed by atoms with Crippen molar-refractivity contribution < 1.29 is 4.79 Å². The summed E-state index contributed by atoms with van der Waals surface area (Å²) < 4.78 is 1.83. The molecule has 2 aliphatic rings. The predicted molar refractivity (Wildman–Crippen MR) is 91.6 cm³/mol. The highest BCUT2D eigenvalue weighted by Gasteiger charge is 2.42. The third-order valence-corrected chi connectivity index (χ3v) is 5.56. The van der Waals surface area contributed by atoms with E-state index in [0.29, 0.717) is 29.5 Å². The molecule has 6 heteroatoms. The SMILES string of the molecule is Cn1cnc(C2CC3CC(N)CC3C2)c1C(=O)Nc1ccncc1. The van der Waals surface area contributed by atoms with Gasteiger partial charge in [0.15, 0.2) is 0 Å². The minimum Gasteiger partial charge on any atom is -0.329 e. The number of pyridine rings is 1. The van der Waals surface area contributed by atoms with Crippen LogP contribution in [0.15, 0.2) is 30.9 Å². The van der Waals surface area contributed by atoms with Crippen molar-refractivity contribution >= 4 is 11.6 Å². The number of carbonyl (C=O) groups excluding carboxylic acids is 1. The molecule has 0 radical (unpaired) electrons. The van der Waals surface area contributed by atoms with Gasteiger partial charge in [-0.05, 0) is 49.7 Å². The Morgan fingerprint density at radius 2 is 1.88 bits per heavy atom. The lowest BCUT2D eigenvalue weighted by molar-refractivity contribution is 0.101. The van der Waals surface area contributed by atoms with Crippen molar-refractivity contribution in [3.8, 4) is 0 Å². The van der Waals surface area contributed by atoms with Crippen molar-refractivity contribution in [2.24, 2.45) is 24.6 Å². The number of imidazole rings is 1. The molecule has 2 aliphatic carbocycles. The van der Waals surface area contributed by atoms with Crippen LogP contribution in [0.25, 0.3) is 0 Å².